The summed E-state index contributed by atoms with van der Waals surface area (Å²) in [6.07, 6.45) is -6.81. The van der Waals surface area contributed by atoms with Gasteiger partial charge in [0.2, 0.25) is 0 Å². The van der Waals surface area contributed by atoms with Crippen LogP contribution in [0.1, 0.15) is 13.8 Å². The maximum Gasteiger partial charge on any atom is 0.303 e. The largest absolute Gasteiger partial charge is 0.457 e. The van der Waals surface area contributed by atoms with Crippen molar-refractivity contribution < 1.29 is 54.1 Å². The van der Waals surface area contributed by atoms with Gasteiger partial charge in [-0.25, -0.2) is 0 Å². The van der Waals surface area contributed by atoms with Gasteiger partial charge < -0.3 is 19.3 Å². The average Bonchev–Trinajstić information content (AvgIpc) is 2.41. The number of rotatable bonds is 7. The molecular weight excluding hydrogens is 400 g/mol. The molecule has 14 heteroatoms. The van der Waals surface area contributed by atoms with Crippen LogP contribution in [0.25, 0.3) is 0 Å². The predicted molar refractivity (Wildman–Crippen MR) is 82.5 cm³/mol. The summed E-state index contributed by atoms with van der Waals surface area (Å²) in [5, 5.41) is 10.0. The third-order valence-corrected chi connectivity index (χ3v) is 4.08. The quantitative estimate of drug-likeness (QED) is 0.352. The number of aliphatic hydroxyl groups is 1. The molecule has 0 aromatic rings. The molecule has 1 aliphatic rings. The standard InChI is InChI=1S/C12H20O12S2/c1-6(13)21-9-8(5-20-25(3,16)17)23-12(15)11(22-7(2)14)10(9)24-26(4,18)19/h8-12,15H,5H2,1-4H3/t8-,9+,10+,11+,12-/m0/s1. The molecule has 1 aliphatic heterocycles. The summed E-state index contributed by atoms with van der Waals surface area (Å²) in [5.41, 5.74) is 0. The van der Waals surface area contributed by atoms with E-state index in [1.807, 2.05) is 0 Å². The van der Waals surface area contributed by atoms with E-state index >= 15 is 0 Å². The zero-order valence-electron chi connectivity index (χ0n) is 14.3. The van der Waals surface area contributed by atoms with Crippen molar-refractivity contribution in [2.24, 2.45) is 0 Å². The van der Waals surface area contributed by atoms with Gasteiger partial charge in [0.1, 0.15) is 6.10 Å². The molecule has 0 radical (unpaired) electrons. The first-order chi connectivity index (χ1) is 11.7. The van der Waals surface area contributed by atoms with Crippen LogP contribution in [0.15, 0.2) is 0 Å². The van der Waals surface area contributed by atoms with Crippen molar-refractivity contribution in [2.45, 2.75) is 44.6 Å². The van der Waals surface area contributed by atoms with Crippen LogP contribution in [0, 0.1) is 0 Å². The van der Waals surface area contributed by atoms with Crippen LogP contribution in [-0.4, -0.2) is 83.7 Å². The second-order valence-corrected chi connectivity index (χ2v) is 8.71. The molecule has 1 N–H and O–H groups in total. The molecule has 12 nitrogen and oxygen atoms in total. The highest BCUT2D eigenvalue weighted by Crippen LogP contribution is 2.29. The van der Waals surface area contributed by atoms with Crippen molar-refractivity contribution in [1.29, 1.82) is 0 Å². The maximum absolute atomic E-state index is 11.5. The normalized spacial score (nSPS) is 29.8. The van der Waals surface area contributed by atoms with E-state index in [9.17, 15) is 31.5 Å². The molecule has 0 unspecified atom stereocenters. The van der Waals surface area contributed by atoms with E-state index in [0.717, 1.165) is 20.1 Å². The highest BCUT2D eigenvalue weighted by Gasteiger charge is 2.51. The van der Waals surface area contributed by atoms with Crippen molar-refractivity contribution >= 4 is 32.2 Å². The molecule has 26 heavy (non-hydrogen) atoms. The highest BCUT2D eigenvalue weighted by molar-refractivity contribution is 7.86. The lowest BCUT2D eigenvalue weighted by atomic mass is 9.99. The Morgan fingerprint density at radius 2 is 1.42 bits per heavy atom. The predicted octanol–water partition coefficient (Wildman–Crippen LogP) is -2.11. The minimum absolute atomic E-state index is 0.687. The average molecular weight is 420 g/mol. The molecule has 0 aromatic carbocycles. The molecule has 1 saturated heterocycles. The first kappa shape index (κ1) is 22.7. The van der Waals surface area contributed by atoms with Crippen LogP contribution in [0.3, 0.4) is 0 Å². The fourth-order valence-electron chi connectivity index (χ4n) is 2.18. The van der Waals surface area contributed by atoms with Crippen molar-refractivity contribution in [2.75, 3.05) is 19.1 Å². The molecule has 5 atom stereocenters. The second-order valence-electron chi connectivity index (χ2n) is 5.47. The third kappa shape index (κ3) is 7.51. The molecule has 1 heterocycles. The summed E-state index contributed by atoms with van der Waals surface area (Å²) in [5.74, 6) is -1.78. The first-order valence-corrected chi connectivity index (χ1v) is 10.7. The Morgan fingerprint density at radius 1 is 0.923 bits per heavy atom. The molecule has 152 valence electrons. The Bertz CT molecular complexity index is 727. The van der Waals surface area contributed by atoms with Crippen molar-refractivity contribution in [3.05, 3.63) is 0 Å². The Morgan fingerprint density at radius 3 is 1.85 bits per heavy atom. The molecular formula is C12H20O12S2. The van der Waals surface area contributed by atoms with Crippen LogP contribution in [0.2, 0.25) is 0 Å². The van der Waals surface area contributed by atoms with Gasteiger partial charge in [-0.1, -0.05) is 0 Å². The number of ether oxygens (including phenoxy) is 3. The summed E-state index contributed by atoms with van der Waals surface area (Å²) < 4.78 is 69.6. The minimum Gasteiger partial charge on any atom is -0.457 e. The molecule has 0 spiro atoms. The summed E-state index contributed by atoms with van der Waals surface area (Å²) in [6.45, 7) is 1.27. The van der Waals surface area contributed by atoms with E-state index in [0.29, 0.717) is 6.26 Å². The fourth-order valence-corrected chi connectivity index (χ4v) is 3.19. The van der Waals surface area contributed by atoms with Gasteiger partial charge in [-0.05, 0) is 0 Å². The Labute approximate surface area is 150 Å². The van der Waals surface area contributed by atoms with E-state index in [4.69, 9.17) is 18.4 Å². The fraction of sp³-hybridized carbons (Fsp3) is 0.833. The SMILES string of the molecule is CC(=O)O[C@@H]1[C@H](OS(C)(=O)=O)[C@H](OC(C)=O)[C@H](COS(C)(=O)=O)O[C@@H]1O. The van der Waals surface area contributed by atoms with Gasteiger partial charge in [-0.3, -0.25) is 18.0 Å². The number of carbonyl (C=O) groups excluding carboxylic acids is 2. The van der Waals surface area contributed by atoms with Gasteiger partial charge in [-0.2, -0.15) is 16.8 Å². The van der Waals surface area contributed by atoms with E-state index in [1.165, 1.54) is 0 Å². The van der Waals surface area contributed by atoms with Crippen LogP contribution >= 0.6 is 0 Å². The summed E-state index contributed by atoms with van der Waals surface area (Å²) in [7, 11) is -8.08. The topological polar surface area (TPSA) is 169 Å². The smallest absolute Gasteiger partial charge is 0.303 e. The maximum atomic E-state index is 11.5. The zero-order valence-corrected chi connectivity index (χ0v) is 16.0. The monoisotopic (exact) mass is 420 g/mol. The van der Waals surface area contributed by atoms with Gasteiger partial charge in [0, 0.05) is 13.8 Å². The minimum atomic E-state index is -4.16. The molecule has 0 saturated carbocycles. The molecule has 0 aromatic heterocycles. The first-order valence-electron chi connectivity index (χ1n) is 7.10. The van der Waals surface area contributed by atoms with Crippen molar-refractivity contribution in [1.82, 2.24) is 0 Å². The van der Waals surface area contributed by atoms with Gasteiger partial charge in [0.25, 0.3) is 20.2 Å². The summed E-state index contributed by atoms with van der Waals surface area (Å²) in [4.78, 5) is 22.6. The van der Waals surface area contributed by atoms with Gasteiger partial charge in [0.05, 0.1) is 19.1 Å². The van der Waals surface area contributed by atoms with E-state index in [-0.39, 0.29) is 0 Å². The number of hydrogen-bond acceptors (Lipinski definition) is 12. The number of esters is 2. The second kappa shape index (κ2) is 8.58. The Balaban J connectivity index is 3.25. The molecule has 0 aliphatic carbocycles. The molecule has 0 bridgehead atoms. The Kier molecular flexibility index (Phi) is 7.50. The summed E-state index contributed by atoms with van der Waals surface area (Å²) in [6, 6.07) is 0. The Hall–Kier alpha value is -1.32. The lowest BCUT2D eigenvalue weighted by Crippen LogP contribution is -2.62. The molecule has 1 fully saturated rings. The van der Waals surface area contributed by atoms with Crippen molar-refractivity contribution in [3.63, 3.8) is 0 Å². The highest BCUT2D eigenvalue weighted by atomic mass is 32.2. The van der Waals surface area contributed by atoms with Gasteiger partial charge in [-0.15, -0.1) is 0 Å². The molecule has 1 rings (SSSR count). The summed E-state index contributed by atoms with van der Waals surface area (Å²) >= 11 is 0. The van der Waals surface area contributed by atoms with Crippen LogP contribution in [-0.2, 0) is 52.4 Å². The third-order valence-electron chi connectivity index (χ3n) is 2.95. The molecule has 0 amide bonds. The zero-order chi connectivity index (χ0) is 20.3. The van der Waals surface area contributed by atoms with Crippen LogP contribution in [0.5, 0.6) is 0 Å². The van der Waals surface area contributed by atoms with Gasteiger partial charge >= 0.3 is 11.9 Å². The lowest BCUT2D eigenvalue weighted by Gasteiger charge is -2.42. The van der Waals surface area contributed by atoms with E-state index in [2.05, 4.69) is 4.18 Å². The number of hydrogen-bond donors (Lipinski definition) is 1. The van der Waals surface area contributed by atoms with E-state index < -0.39 is 69.5 Å². The van der Waals surface area contributed by atoms with E-state index in [1.54, 1.807) is 0 Å². The lowest BCUT2D eigenvalue weighted by molar-refractivity contribution is -0.286. The van der Waals surface area contributed by atoms with Crippen molar-refractivity contribution in [3.8, 4) is 0 Å². The number of aliphatic hydroxyl groups excluding tert-OH is 1. The van der Waals surface area contributed by atoms with Crippen LogP contribution < -0.4 is 0 Å². The number of carbonyl (C=O) groups is 2. The van der Waals surface area contributed by atoms with Crippen LogP contribution in [0.4, 0.5) is 0 Å². The van der Waals surface area contributed by atoms with Gasteiger partial charge in [0.15, 0.2) is 24.6 Å².